The van der Waals surface area contributed by atoms with Crippen LogP contribution in [0.3, 0.4) is 0 Å². The van der Waals surface area contributed by atoms with E-state index in [-0.39, 0.29) is 6.61 Å². The van der Waals surface area contributed by atoms with Gasteiger partial charge in [0.1, 0.15) is 6.61 Å². The fraction of sp³-hybridized carbons (Fsp3) is 0.158. The highest BCUT2D eigenvalue weighted by Gasteiger charge is 2.12. The molecule has 0 aliphatic carbocycles. The van der Waals surface area contributed by atoms with Crippen LogP contribution in [0, 0.1) is 6.92 Å². The van der Waals surface area contributed by atoms with Crippen LogP contribution < -0.4 is 5.32 Å². The van der Waals surface area contributed by atoms with E-state index < -0.39 is 5.97 Å². The van der Waals surface area contributed by atoms with Gasteiger partial charge in [-0.1, -0.05) is 54.6 Å². The number of anilines is 1. The number of ether oxygens (including phenoxy) is 1. The molecule has 0 aliphatic heterocycles. The van der Waals surface area contributed by atoms with E-state index >= 15 is 0 Å². The van der Waals surface area contributed by atoms with Crippen molar-refractivity contribution in [3.63, 3.8) is 0 Å². The quantitative estimate of drug-likeness (QED) is 0.676. The van der Waals surface area contributed by atoms with Crippen LogP contribution in [0.4, 0.5) is 5.13 Å². The highest BCUT2D eigenvalue weighted by atomic mass is 32.1. The van der Waals surface area contributed by atoms with Crippen LogP contribution in [-0.2, 0) is 17.9 Å². The van der Waals surface area contributed by atoms with Crippen LogP contribution in [0.2, 0.25) is 0 Å². The van der Waals surface area contributed by atoms with Gasteiger partial charge in [0.2, 0.25) is 0 Å². The number of rotatable bonds is 6. The lowest BCUT2D eigenvalue weighted by atomic mass is 10.1. The van der Waals surface area contributed by atoms with Gasteiger partial charge in [-0.05, 0) is 23.6 Å². The molecule has 0 atom stereocenters. The number of benzene rings is 2. The standard InChI is InChI=1S/C19H18N2O2S/c1-14-7-5-6-10-16(14)12-23-18(22)17-13-24-19(21-17)20-11-15-8-3-2-4-9-15/h2-10,13H,11-12H2,1H3,(H,20,21). The van der Waals surface area contributed by atoms with Crippen LogP contribution in [0.5, 0.6) is 0 Å². The van der Waals surface area contributed by atoms with Crippen LogP contribution in [0.25, 0.3) is 0 Å². The van der Waals surface area contributed by atoms with E-state index in [1.807, 2.05) is 61.5 Å². The van der Waals surface area contributed by atoms with Crippen molar-refractivity contribution in [3.05, 3.63) is 82.4 Å². The van der Waals surface area contributed by atoms with Gasteiger partial charge in [0.25, 0.3) is 0 Å². The molecule has 1 heterocycles. The monoisotopic (exact) mass is 338 g/mol. The summed E-state index contributed by atoms with van der Waals surface area (Å²) in [6.45, 7) is 2.93. The van der Waals surface area contributed by atoms with Gasteiger partial charge in [0, 0.05) is 11.9 Å². The second-order valence-corrected chi connectivity index (χ2v) is 6.24. The summed E-state index contributed by atoms with van der Waals surface area (Å²) in [4.78, 5) is 16.4. The first-order chi connectivity index (χ1) is 11.7. The van der Waals surface area contributed by atoms with Crippen LogP contribution in [0.15, 0.2) is 60.0 Å². The molecule has 122 valence electrons. The molecule has 0 fully saturated rings. The lowest BCUT2D eigenvalue weighted by Crippen LogP contribution is -2.07. The van der Waals surface area contributed by atoms with Crippen molar-refractivity contribution >= 4 is 22.4 Å². The molecule has 1 aromatic heterocycles. The number of nitrogens with one attached hydrogen (secondary N) is 1. The first kappa shape index (κ1) is 16.2. The number of carbonyl (C=O) groups is 1. The minimum atomic E-state index is -0.401. The summed E-state index contributed by atoms with van der Waals surface area (Å²) in [5.41, 5.74) is 3.61. The molecule has 2 aromatic carbocycles. The summed E-state index contributed by atoms with van der Waals surface area (Å²) in [6.07, 6.45) is 0. The summed E-state index contributed by atoms with van der Waals surface area (Å²) < 4.78 is 5.35. The van der Waals surface area contributed by atoms with E-state index in [2.05, 4.69) is 10.3 Å². The zero-order valence-corrected chi connectivity index (χ0v) is 14.2. The van der Waals surface area contributed by atoms with E-state index in [1.54, 1.807) is 5.38 Å². The van der Waals surface area contributed by atoms with Crippen molar-refractivity contribution in [2.24, 2.45) is 0 Å². The number of nitrogens with zero attached hydrogens (tertiary/aromatic N) is 1. The topological polar surface area (TPSA) is 51.2 Å². The lowest BCUT2D eigenvalue weighted by Gasteiger charge is -2.06. The predicted octanol–water partition coefficient (Wildman–Crippen LogP) is 4.42. The first-order valence-electron chi connectivity index (χ1n) is 7.67. The van der Waals surface area contributed by atoms with Crippen LogP contribution >= 0.6 is 11.3 Å². The van der Waals surface area contributed by atoms with Gasteiger partial charge < -0.3 is 10.1 Å². The van der Waals surface area contributed by atoms with Gasteiger partial charge in [-0.15, -0.1) is 11.3 Å². The van der Waals surface area contributed by atoms with Crippen molar-refractivity contribution in [3.8, 4) is 0 Å². The van der Waals surface area contributed by atoms with E-state index in [9.17, 15) is 4.79 Å². The highest BCUT2D eigenvalue weighted by Crippen LogP contribution is 2.18. The van der Waals surface area contributed by atoms with Crippen molar-refractivity contribution in [1.29, 1.82) is 0 Å². The SMILES string of the molecule is Cc1ccccc1COC(=O)c1csc(NCc2ccccc2)n1. The molecule has 3 aromatic rings. The molecule has 5 heteroatoms. The van der Waals surface area contributed by atoms with Crippen LogP contribution in [-0.4, -0.2) is 11.0 Å². The Morgan fingerprint density at radius 2 is 1.88 bits per heavy atom. The number of aryl methyl sites for hydroxylation is 1. The fourth-order valence-corrected chi connectivity index (χ4v) is 2.89. The second-order valence-electron chi connectivity index (χ2n) is 5.38. The van der Waals surface area contributed by atoms with E-state index in [4.69, 9.17) is 4.74 Å². The van der Waals surface area contributed by atoms with E-state index in [0.29, 0.717) is 17.4 Å². The number of hydrogen-bond acceptors (Lipinski definition) is 5. The molecule has 0 unspecified atom stereocenters. The minimum absolute atomic E-state index is 0.260. The molecule has 0 saturated carbocycles. The van der Waals surface area contributed by atoms with Crippen molar-refractivity contribution in [2.45, 2.75) is 20.1 Å². The van der Waals surface area contributed by atoms with Crippen molar-refractivity contribution in [2.75, 3.05) is 5.32 Å². The average Bonchev–Trinajstić information content (AvgIpc) is 3.09. The largest absolute Gasteiger partial charge is 0.456 e. The molecular formula is C19H18N2O2S. The maximum absolute atomic E-state index is 12.1. The van der Waals surface area contributed by atoms with Gasteiger partial charge in [-0.2, -0.15) is 0 Å². The predicted molar refractivity (Wildman–Crippen MR) is 96.2 cm³/mol. The van der Waals surface area contributed by atoms with Gasteiger partial charge >= 0.3 is 5.97 Å². The average molecular weight is 338 g/mol. The second kappa shape index (κ2) is 7.75. The molecule has 0 bridgehead atoms. The zero-order chi connectivity index (χ0) is 16.8. The summed E-state index contributed by atoms with van der Waals surface area (Å²) >= 11 is 1.40. The molecule has 0 amide bonds. The molecule has 1 N–H and O–H groups in total. The molecule has 24 heavy (non-hydrogen) atoms. The normalized spacial score (nSPS) is 10.4. The fourth-order valence-electron chi connectivity index (χ4n) is 2.21. The lowest BCUT2D eigenvalue weighted by molar-refractivity contribution is 0.0466. The van der Waals surface area contributed by atoms with Crippen molar-refractivity contribution < 1.29 is 9.53 Å². The summed E-state index contributed by atoms with van der Waals surface area (Å²) in [5.74, 6) is -0.401. The maximum Gasteiger partial charge on any atom is 0.358 e. The third-order valence-electron chi connectivity index (χ3n) is 3.62. The van der Waals surface area contributed by atoms with Crippen LogP contribution in [0.1, 0.15) is 27.2 Å². The Kier molecular flexibility index (Phi) is 5.23. The molecular weight excluding hydrogens is 320 g/mol. The third kappa shape index (κ3) is 4.20. The Morgan fingerprint density at radius 3 is 2.67 bits per heavy atom. The highest BCUT2D eigenvalue weighted by molar-refractivity contribution is 7.13. The molecule has 0 radical (unpaired) electrons. The number of esters is 1. The van der Waals surface area contributed by atoms with Gasteiger partial charge in [0.15, 0.2) is 10.8 Å². The summed E-state index contributed by atoms with van der Waals surface area (Å²) in [5, 5.41) is 5.64. The number of thiazole rings is 1. The molecule has 0 spiro atoms. The maximum atomic E-state index is 12.1. The van der Waals surface area contributed by atoms with Gasteiger partial charge in [-0.3, -0.25) is 0 Å². The molecule has 4 nitrogen and oxygen atoms in total. The number of aromatic nitrogens is 1. The smallest absolute Gasteiger partial charge is 0.358 e. The summed E-state index contributed by atoms with van der Waals surface area (Å²) in [7, 11) is 0. The Hall–Kier alpha value is -2.66. The molecule has 3 rings (SSSR count). The van der Waals surface area contributed by atoms with Gasteiger partial charge in [-0.25, -0.2) is 9.78 Å². The summed E-state index contributed by atoms with van der Waals surface area (Å²) in [6, 6.07) is 17.9. The Morgan fingerprint density at radius 1 is 1.12 bits per heavy atom. The third-order valence-corrected chi connectivity index (χ3v) is 4.42. The Labute approximate surface area is 145 Å². The first-order valence-corrected chi connectivity index (χ1v) is 8.55. The zero-order valence-electron chi connectivity index (χ0n) is 13.4. The Balaban J connectivity index is 1.55. The van der Waals surface area contributed by atoms with E-state index in [0.717, 1.165) is 16.7 Å². The number of carbonyl (C=O) groups excluding carboxylic acids is 1. The number of hydrogen-bond donors (Lipinski definition) is 1. The Bertz CT molecular complexity index is 815. The minimum Gasteiger partial charge on any atom is -0.456 e. The molecule has 0 saturated heterocycles. The van der Waals surface area contributed by atoms with E-state index in [1.165, 1.54) is 11.3 Å². The van der Waals surface area contributed by atoms with Gasteiger partial charge in [0.05, 0.1) is 0 Å². The molecule has 0 aliphatic rings. The van der Waals surface area contributed by atoms with Crippen molar-refractivity contribution in [1.82, 2.24) is 4.98 Å².